The van der Waals surface area contributed by atoms with Crippen molar-refractivity contribution in [2.24, 2.45) is 5.73 Å². The second kappa shape index (κ2) is 8.87. The number of unbranched alkanes of at least 4 members (excludes halogenated alkanes) is 3. The molecule has 19 heavy (non-hydrogen) atoms. The maximum Gasteiger partial charge on any atom is 0.303 e. The van der Waals surface area contributed by atoms with E-state index in [1.54, 1.807) is 0 Å². The molecular weight excluding hydrogens is 248 g/mol. The zero-order chi connectivity index (χ0) is 14.1. The number of rotatable bonds is 9. The molecule has 0 radical (unpaired) electrons. The lowest BCUT2D eigenvalue weighted by molar-refractivity contribution is -0.137. The molecule has 0 spiro atoms. The summed E-state index contributed by atoms with van der Waals surface area (Å²) in [7, 11) is 0. The lowest BCUT2D eigenvalue weighted by Gasteiger charge is -2.12. The van der Waals surface area contributed by atoms with Crippen LogP contribution < -0.4 is 11.1 Å². The number of hydrogen-bond donors (Lipinski definition) is 3. The minimum Gasteiger partial charge on any atom is -0.481 e. The van der Waals surface area contributed by atoms with E-state index in [0.717, 1.165) is 32.1 Å². The maximum atomic E-state index is 11.7. The maximum absolute atomic E-state index is 11.7. The van der Waals surface area contributed by atoms with Crippen LogP contribution in [0.25, 0.3) is 0 Å². The molecule has 6 nitrogen and oxygen atoms in total. The molecule has 1 fully saturated rings. The van der Waals surface area contributed by atoms with Crippen LogP contribution in [-0.2, 0) is 14.3 Å². The number of aliphatic carboxylic acids is 1. The average Bonchev–Trinajstić information content (AvgIpc) is 2.85. The molecule has 110 valence electrons. The summed E-state index contributed by atoms with van der Waals surface area (Å²) < 4.78 is 5.49. The van der Waals surface area contributed by atoms with Crippen LogP contribution in [-0.4, -0.2) is 42.3 Å². The summed E-state index contributed by atoms with van der Waals surface area (Å²) in [5.41, 5.74) is 5.49. The summed E-state index contributed by atoms with van der Waals surface area (Å²) in [5.74, 6) is -0.803. The zero-order valence-corrected chi connectivity index (χ0v) is 11.3. The van der Waals surface area contributed by atoms with Gasteiger partial charge in [0.05, 0.1) is 6.10 Å². The monoisotopic (exact) mass is 272 g/mol. The molecule has 1 rings (SSSR count). The number of carboxylic acids is 1. The van der Waals surface area contributed by atoms with Crippen LogP contribution in [0.4, 0.5) is 0 Å². The van der Waals surface area contributed by atoms with Gasteiger partial charge in [-0.2, -0.15) is 0 Å². The number of nitrogens with two attached hydrogens (primary N) is 1. The molecular formula is C13H24N2O4. The Balaban J connectivity index is 1.97. The van der Waals surface area contributed by atoms with Gasteiger partial charge in [-0.15, -0.1) is 0 Å². The Kier molecular flexibility index (Phi) is 7.43. The Morgan fingerprint density at radius 2 is 1.95 bits per heavy atom. The molecule has 4 N–H and O–H groups in total. The Bertz CT molecular complexity index is 296. The van der Waals surface area contributed by atoms with Crippen LogP contribution in [0.3, 0.4) is 0 Å². The van der Waals surface area contributed by atoms with E-state index in [2.05, 4.69) is 5.32 Å². The Hall–Kier alpha value is -1.14. The van der Waals surface area contributed by atoms with Crippen LogP contribution in [0.1, 0.15) is 44.9 Å². The molecule has 2 atom stereocenters. The lowest BCUT2D eigenvalue weighted by atomic mass is 10.1. The third-order valence-electron chi connectivity index (χ3n) is 3.28. The molecule has 0 aromatic rings. The number of hydrogen-bond acceptors (Lipinski definition) is 4. The molecule has 1 heterocycles. The van der Waals surface area contributed by atoms with Gasteiger partial charge in [-0.05, 0) is 25.7 Å². The van der Waals surface area contributed by atoms with Crippen molar-refractivity contribution < 1.29 is 19.4 Å². The highest BCUT2D eigenvalue weighted by atomic mass is 16.5. The second-order valence-electron chi connectivity index (χ2n) is 4.91. The van der Waals surface area contributed by atoms with Crippen LogP contribution in [0, 0.1) is 0 Å². The molecule has 2 unspecified atom stereocenters. The molecule has 0 aliphatic carbocycles. The van der Waals surface area contributed by atoms with E-state index >= 15 is 0 Å². The fourth-order valence-corrected chi connectivity index (χ4v) is 2.15. The van der Waals surface area contributed by atoms with Crippen molar-refractivity contribution >= 4 is 11.9 Å². The number of amides is 1. The minimum atomic E-state index is -0.749. The smallest absolute Gasteiger partial charge is 0.303 e. The normalized spacial score (nSPS) is 22.4. The summed E-state index contributed by atoms with van der Waals surface area (Å²) in [6, 6.07) is 0. The highest BCUT2D eigenvalue weighted by Gasteiger charge is 2.29. The van der Waals surface area contributed by atoms with E-state index in [9.17, 15) is 9.59 Å². The van der Waals surface area contributed by atoms with Gasteiger partial charge in [0.1, 0.15) is 6.10 Å². The topological polar surface area (TPSA) is 102 Å². The van der Waals surface area contributed by atoms with Gasteiger partial charge < -0.3 is 20.9 Å². The third kappa shape index (κ3) is 6.54. The standard InChI is InChI=1S/C13H24N2O4/c14-9-10-6-7-11(19-10)13(18)15-8-4-2-1-3-5-12(16)17/h10-11H,1-9,14H2,(H,15,18)(H,16,17). The summed E-state index contributed by atoms with van der Waals surface area (Å²) in [5, 5.41) is 11.3. The number of ether oxygens (including phenoxy) is 1. The molecule has 6 heteroatoms. The van der Waals surface area contributed by atoms with Crippen molar-refractivity contribution in [1.82, 2.24) is 5.32 Å². The minimum absolute atomic E-state index is 0.0202. The van der Waals surface area contributed by atoms with Crippen LogP contribution in [0.2, 0.25) is 0 Å². The van der Waals surface area contributed by atoms with Gasteiger partial charge in [0, 0.05) is 19.5 Å². The number of carbonyl (C=O) groups is 2. The van der Waals surface area contributed by atoms with Crippen LogP contribution >= 0.6 is 0 Å². The molecule has 1 amide bonds. The summed E-state index contributed by atoms with van der Waals surface area (Å²) >= 11 is 0. The predicted molar refractivity (Wildman–Crippen MR) is 70.7 cm³/mol. The second-order valence-corrected chi connectivity index (χ2v) is 4.91. The third-order valence-corrected chi connectivity index (χ3v) is 3.28. The predicted octanol–water partition coefficient (Wildman–Crippen LogP) is 0.644. The number of nitrogens with one attached hydrogen (secondary N) is 1. The SMILES string of the molecule is NCC1CCC(C(=O)NCCCCCCC(=O)O)O1. The molecule has 1 saturated heterocycles. The summed E-state index contributed by atoms with van der Waals surface area (Å²) in [6.07, 6.45) is 4.89. The summed E-state index contributed by atoms with van der Waals surface area (Å²) in [6.45, 7) is 1.09. The van der Waals surface area contributed by atoms with Crippen molar-refractivity contribution in [1.29, 1.82) is 0 Å². The van der Waals surface area contributed by atoms with E-state index in [-0.39, 0.29) is 24.5 Å². The van der Waals surface area contributed by atoms with Gasteiger partial charge >= 0.3 is 5.97 Å². The van der Waals surface area contributed by atoms with Crippen LogP contribution in [0.5, 0.6) is 0 Å². The Morgan fingerprint density at radius 1 is 1.21 bits per heavy atom. The molecule has 0 aromatic heterocycles. The van der Waals surface area contributed by atoms with E-state index in [4.69, 9.17) is 15.6 Å². The van der Waals surface area contributed by atoms with Crippen molar-refractivity contribution in [3.63, 3.8) is 0 Å². The van der Waals surface area contributed by atoms with Gasteiger partial charge in [-0.3, -0.25) is 9.59 Å². The van der Waals surface area contributed by atoms with Crippen molar-refractivity contribution in [3.05, 3.63) is 0 Å². The molecule has 0 aromatic carbocycles. The van der Waals surface area contributed by atoms with Crippen LogP contribution in [0.15, 0.2) is 0 Å². The lowest BCUT2D eigenvalue weighted by Crippen LogP contribution is -2.36. The molecule has 1 aliphatic heterocycles. The number of carbonyl (C=O) groups excluding carboxylic acids is 1. The first kappa shape index (κ1) is 15.9. The van der Waals surface area contributed by atoms with Gasteiger partial charge in [-0.25, -0.2) is 0 Å². The number of carboxylic acid groups (broad SMARTS) is 1. The first-order valence-electron chi connectivity index (χ1n) is 6.98. The largest absolute Gasteiger partial charge is 0.481 e. The first-order valence-corrected chi connectivity index (χ1v) is 6.98. The van der Waals surface area contributed by atoms with Gasteiger partial charge in [0.25, 0.3) is 0 Å². The molecule has 0 bridgehead atoms. The highest BCUT2D eigenvalue weighted by molar-refractivity contribution is 5.80. The molecule has 1 aliphatic rings. The van der Waals surface area contributed by atoms with Crippen molar-refractivity contribution in [2.75, 3.05) is 13.1 Å². The fourth-order valence-electron chi connectivity index (χ4n) is 2.15. The van der Waals surface area contributed by atoms with Gasteiger partial charge in [0.15, 0.2) is 0 Å². The fraction of sp³-hybridized carbons (Fsp3) is 0.846. The van der Waals surface area contributed by atoms with E-state index < -0.39 is 5.97 Å². The van der Waals surface area contributed by atoms with Gasteiger partial charge in [-0.1, -0.05) is 12.8 Å². The zero-order valence-electron chi connectivity index (χ0n) is 11.3. The average molecular weight is 272 g/mol. The highest BCUT2D eigenvalue weighted by Crippen LogP contribution is 2.18. The van der Waals surface area contributed by atoms with E-state index in [1.165, 1.54) is 0 Å². The van der Waals surface area contributed by atoms with Crippen molar-refractivity contribution in [3.8, 4) is 0 Å². The Labute approximate surface area is 113 Å². The molecule has 0 saturated carbocycles. The summed E-state index contributed by atoms with van der Waals surface area (Å²) in [4.78, 5) is 22.0. The van der Waals surface area contributed by atoms with Gasteiger partial charge in [0.2, 0.25) is 5.91 Å². The quantitative estimate of drug-likeness (QED) is 0.535. The van der Waals surface area contributed by atoms with E-state index in [0.29, 0.717) is 19.5 Å². The first-order chi connectivity index (χ1) is 9.13. The van der Waals surface area contributed by atoms with E-state index in [1.807, 2.05) is 0 Å². The Morgan fingerprint density at radius 3 is 2.58 bits per heavy atom. The van der Waals surface area contributed by atoms with Crippen molar-refractivity contribution in [2.45, 2.75) is 57.2 Å².